The minimum Gasteiger partial charge on any atom is -0.369 e. The molecule has 8 heteroatoms. The lowest BCUT2D eigenvalue weighted by Gasteiger charge is -2.38. The van der Waals surface area contributed by atoms with Crippen molar-refractivity contribution in [1.29, 1.82) is 0 Å². The van der Waals surface area contributed by atoms with Gasteiger partial charge in [0.1, 0.15) is 11.5 Å². The Morgan fingerprint density at radius 1 is 1.19 bits per heavy atom. The molecule has 0 saturated carbocycles. The van der Waals surface area contributed by atoms with E-state index in [2.05, 4.69) is 5.32 Å². The van der Waals surface area contributed by atoms with Crippen LogP contribution in [0.1, 0.15) is 25.3 Å². The van der Waals surface area contributed by atoms with Gasteiger partial charge in [-0.1, -0.05) is 13.0 Å². The number of rotatable bonds is 6. The topological polar surface area (TPSA) is 32.3 Å². The molecular weight excluding hydrogens is 410 g/mol. The summed E-state index contributed by atoms with van der Waals surface area (Å²) in [5, 5.41) is 3.41. The molecule has 0 bridgehead atoms. The number of quaternary nitrogens is 1. The summed E-state index contributed by atoms with van der Waals surface area (Å²) in [6.07, 6.45) is -3.38. The normalized spacial score (nSPS) is 19.2. The van der Waals surface area contributed by atoms with Gasteiger partial charge in [0, 0.05) is 49.9 Å². The van der Waals surface area contributed by atoms with Crippen LogP contribution < -0.4 is 14.7 Å². The summed E-state index contributed by atoms with van der Waals surface area (Å²) >= 11 is 0. The zero-order valence-corrected chi connectivity index (χ0v) is 17.8. The number of anilines is 1. The van der Waals surface area contributed by atoms with E-state index in [0.29, 0.717) is 44.7 Å². The molecular formula is C23H28F4N3O+. The van der Waals surface area contributed by atoms with Crippen LogP contribution in [-0.2, 0) is 11.0 Å². The molecule has 3 rings (SSSR count). The molecule has 0 radical (unpaired) electrons. The van der Waals surface area contributed by atoms with Crippen molar-refractivity contribution in [2.45, 2.75) is 32.0 Å². The van der Waals surface area contributed by atoms with Gasteiger partial charge in [-0.05, 0) is 30.3 Å². The maximum atomic E-state index is 13.4. The van der Waals surface area contributed by atoms with Crippen molar-refractivity contribution in [3.63, 3.8) is 0 Å². The van der Waals surface area contributed by atoms with Gasteiger partial charge in [0.2, 0.25) is 0 Å². The number of alkyl halides is 3. The molecule has 1 aliphatic rings. The SMILES string of the molecule is CCC(=O)[N+](C)(CCC1CN(c2cccc(C(F)(F)F)c2)CCN1)c1ccc(F)cc1. The standard InChI is InChI=1S/C23H28F4N3O/c1-3-22(31)30(2,21-9-7-18(24)8-10-21)14-11-19-16-29(13-12-28-19)20-6-4-5-17(15-20)23(25,26)27/h4-10,15,19,28H,3,11-14,16H2,1-2H3/q+1. The molecule has 1 N–H and O–H groups in total. The second-order valence-corrected chi connectivity index (χ2v) is 8.07. The second-order valence-electron chi connectivity index (χ2n) is 8.07. The molecule has 2 aromatic rings. The average molecular weight is 438 g/mol. The molecule has 0 aromatic heterocycles. The van der Waals surface area contributed by atoms with Gasteiger partial charge in [0.25, 0.3) is 0 Å². The van der Waals surface area contributed by atoms with E-state index in [-0.39, 0.29) is 22.2 Å². The number of piperazine rings is 1. The number of nitrogens with zero attached hydrogens (tertiary/aromatic N) is 2. The minimum atomic E-state index is -4.38. The van der Waals surface area contributed by atoms with Crippen molar-refractivity contribution in [1.82, 2.24) is 9.80 Å². The third-order valence-corrected chi connectivity index (χ3v) is 5.97. The lowest BCUT2D eigenvalue weighted by atomic mass is 10.1. The largest absolute Gasteiger partial charge is 0.416 e. The van der Waals surface area contributed by atoms with Gasteiger partial charge in [-0.25, -0.2) is 13.7 Å². The van der Waals surface area contributed by atoms with Gasteiger partial charge in [0.05, 0.1) is 25.6 Å². The quantitative estimate of drug-likeness (QED) is 0.529. The Morgan fingerprint density at radius 2 is 1.90 bits per heavy atom. The Labute approximate surface area is 180 Å². The Bertz CT molecular complexity index is 900. The van der Waals surface area contributed by atoms with Crippen molar-refractivity contribution < 1.29 is 22.4 Å². The van der Waals surface area contributed by atoms with Crippen LogP contribution in [0.3, 0.4) is 0 Å². The Morgan fingerprint density at radius 3 is 2.55 bits per heavy atom. The number of carbonyl (C=O) groups excluding carboxylic acids is 1. The van der Waals surface area contributed by atoms with Crippen LogP contribution in [0.15, 0.2) is 48.5 Å². The first kappa shape index (κ1) is 23.2. The van der Waals surface area contributed by atoms with Gasteiger partial charge in [-0.2, -0.15) is 13.2 Å². The highest BCUT2D eigenvalue weighted by Gasteiger charge is 2.35. The molecule has 1 saturated heterocycles. The smallest absolute Gasteiger partial charge is 0.369 e. The molecule has 31 heavy (non-hydrogen) atoms. The molecule has 2 aromatic carbocycles. The summed E-state index contributed by atoms with van der Waals surface area (Å²) in [6, 6.07) is 11.4. The van der Waals surface area contributed by atoms with E-state index in [1.807, 2.05) is 11.9 Å². The summed E-state index contributed by atoms with van der Waals surface area (Å²) in [6.45, 7) is 4.10. The van der Waals surface area contributed by atoms with Crippen molar-refractivity contribution in [3.8, 4) is 0 Å². The molecule has 1 heterocycles. The first-order chi connectivity index (χ1) is 14.6. The van der Waals surface area contributed by atoms with Gasteiger partial charge in [-0.3, -0.25) is 0 Å². The number of carbonyl (C=O) groups is 1. The highest BCUT2D eigenvalue weighted by molar-refractivity contribution is 5.87. The number of nitrogens with one attached hydrogen (secondary N) is 1. The summed E-state index contributed by atoms with van der Waals surface area (Å²) < 4.78 is 52.6. The zero-order chi connectivity index (χ0) is 22.6. The molecule has 1 fully saturated rings. The van der Waals surface area contributed by atoms with Crippen LogP contribution in [0.2, 0.25) is 0 Å². The molecule has 0 aliphatic carbocycles. The van der Waals surface area contributed by atoms with Crippen LogP contribution in [0.25, 0.3) is 0 Å². The van der Waals surface area contributed by atoms with Crippen LogP contribution in [0.4, 0.5) is 28.9 Å². The van der Waals surface area contributed by atoms with Gasteiger partial charge in [0.15, 0.2) is 0 Å². The van der Waals surface area contributed by atoms with Crippen molar-refractivity contribution in [2.75, 3.05) is 38.1 Å². The number of amides is 1. The fourth-order valence-corrected chi connectivity index (χ4v) is 4.06. The van der Waals surface area contributed by atoms with Crippen LogP contribution in [0.5, 0.6) is 0 Å². The first-order valence-corrected chi connectivity index (χ1v) is 10.4. The van der Waals surface area contributed by atoms with Crippen LogP contribution in [-0.4, -0.2) is 45.2 Å². The molecule has 1 amide bonds. The molecule has 0 spiro atoms. The first-order valence-electron chi connectivity index (χ1n) is 10.4. The van der Waals surface area contributed by atoms with E-state index in [9.17, 15) is 22.4 Å². The van der Waals surface area contributed by atoms with Gasteiger partial charge >= 0.3 is 12.1 Å². The van der Waals surface area contributed by atoms with E-state index in [1.165, 1.54) is 24.3 Å². The number of hydrogen-bond donors (Lipinski definition) is 1. The third kappa shape index (κ3) is 5.43. The lowest BCUT2D eigenvalue weighted by Crippen LogP contribution is -2.56. The molecule has 4 nitrogen and oxygen atoms in total. The van der Waals surface area contributed by atoms with Gasteiger partial charge in [-0.15, -0.1) is 0 Å². The maximum Gasteiger partial charge on any atom is 0.416 e. The third-order valence-electron chi connectivity index (χ3n) is 5.97. The van der Waals surface area contributed by atoms with Gasteiger partial charge < -0.3 is 10.2 Å². The Hall–Kier alpha value is -2.45. The maximum absolute atomic E-state index is 13.4. The zero-order valence-electron chi connectivity index (χ0n) is 17.8. The molecule has 168 valence electrons. The summed E-state index contributed by atoms with van der Waals surface area (Å²) in [4.78, 5) is 14.7. The van der Waals surface area contributed by atoms with E-state index in [0.717, 1.165) is 11.8 Å². The van der Waals surface area contributed by atoms with E-state index < -0.39 is 11.7 Å². The Balaban J connectivity index is 1.72. The summed E-state index contributed by atoms with van der Waals surface area (Å²) in [5.41, 5.74) is 0.606. The lowest BCUT2D eigenvalue weighted by molar-refractivity contribution is -0.137. The highest BCUT2D eigenvalue weighted by atomic mass is 19.4. The second kappa shape index (κ2) is 9.36. The van der Waals surface area contributed by atoms with Crippen LogP contribution in [0, 0.1) is 5.82 Å². The summed E-state index contributed by atoms with van der Waals surface area (Å²) in [7, 11) is 1.83. The molecule has 2 unspecified atom stereocenters. The number of benzene rings is 2. The number of halogens is 4. The summed E-state index contributed by atoms with van der Waals surface area (Å²) in [5.74, 6) is -0.331. The Kier molecular flexibility index (Phi) is 7.01. The molecule has 2 atom stereocenters. The predicted octanol–water partition coefficient (Wildman–Crippen LogP) is 4.59. The molecule has 1 aliphatic heterocycles. The predicted molar refractivity (Wildman–Crippen MR) is 114 cm³/mol. The monoisotopic (exact) mass is 438 g/mol. The van der Waals surface area contributed by atoms with E-state index in [1.54, 1.807) is 25.1 Å². The van der Waals surface area contributed by atoms with Crippen LogP contribution >= 0.6 is 0 Å². The highest BCUT2D eigenvalue weighted by Crippen LogP contribution is 2.32. The van der Waals surface area contributed by atoms with E-state index >= 15 is 0 Å². The minimum absolute atomic E-state index is 0.0193. The average Bonchev–Trinajstić information content (AvgIpc) is 2.77. The number of hydrogen-bond acceptors (Lipinski definition) is 3. The van der Waals surface area contributed by atoms with Crippen molar-refractivity contribution >= 4 is 17.3 Å². The fraction of sp³-hybridized carbons (Fsp3) is 0.435. The fourth-order valence-electron chi connectivity index (χ4n) is 4.06. The van der Waals surface area contributed by atoms with Crippen molar-refractivity contribution in [2.24, 2.45) is 0 Å². The van der Waals surface area contributed by atoms with Crippen molar-refractivity contribution in [3.05, 3.63) is 59.9 Å². The van der Waals surface area contributed by atoms with E-state index in [4.69, 9.17) is 0 Å².